The number of nitrogens with zero attached hydrogens (tertiary/aromatic N) is 1. The van der Waals surface area contributed by atoms with Crippen LogP contribution in [0.4, 0.5) is 5.69 Å². The van der Waals surface area contributed by atoms with Crippen LogP contribution in [0, 0.1) is 0 Å². The maximum Gasteiger partial charge on any atom is 0.336 e. The Labute approximate surface area is 183 Å². The van der Waals surface area contributed by atoms with Gasteiger partial charge in [-0.1, -0.05) is 42.5 Å². The Balaban J connectivity index is 1.80. The van der Waals surface area contributed by atoms with E-state index in [4.69, 9.17) is 4.74 Å². The summed E-state index contributed by atoms with van der Waals surface area (Å²) in [4.78, 5) is 28.2. The van der Waals surface area contributed by atoms with Crippen LogP contribution >= 0.6 is 0 Å². The van der Waals surface area contributed by atoms with Gasteiger partial charge in [-0.25, -0.2) is 4.79 Å². The largest absolute Gasteiger partial charge is 0.466 e. The van der Waals surface area contributed by atoms with Crippen LogP contribution in [0.25, 0.3) is 0 Å². The molecule has 1 aliphatic heterocycles. The zero-order chi connectivity index (χ0) is 22.1. The van der Waals surface area contributed by atoms with E-state index >= 15 is 0 Å². The molecule has 4 rings (SSSR count). The molecule has 0 saturated carbocycles. The topological polar surface area (TPSA) is 58.6 Å². The average Bonchev–Trinajstić information content (AvgIpc) is 2.78. The third-order valence-corrected chi connectivity index (χ3v) is 6.25. The number of Topliss-reactive ketones (excluding diaryl/α,β-unsaturated/α-hetero) is 1. The van der Waals surface area contributed by atoms with Gasteiger partial charge in [0.05, 0.1) is 12.7 Å². The first-order valence-electron chi connectivity index (χ1n) is 10.5. The molecule has 1 N–H and O–H groups in total. The first-order valence-corrected chi connectivity index (χ1v) is 10.5. The third-order valence-electron chi connectivity index (χ3n) is 6.25. The summed E-state index contributed by atoms with van der Waals surface area (Å²) in [6.45, 7) is 1.88. The number of nitrogens with one attached hydrogen (secondary N) is 1. The molecule has 0 amide bonds. The molecule has 31 heavy (non-hydrogen) atoms. The molecule has 2 aliphatic rings. The summed E-state index contributed by atoms with van der Waals surface area (Å²) in [6.07, 6.45) is 1.17. The summed E-state index contributed by atoms with van der Waals surface area (Å²) in [5, 5.41) is 3.37. The molecule has 0 aromatic heterocycles. The molecule has 0 saturated heterocycles. The SMILES string of the molecule is COC(=O)C1=C(C)NC2=C(C(=O)C[C@@H](c3ccccc3)C2)[C@@H]1c1ccc(N(C)C)cc1. The molecule has 0 fully saturated rings. The van der Waals surface area contributed by atoms with E-state index in [1.165, 1.54) is 7.11 Å². The van der Waals surface area contributed by atoms with Gasteiger partial charge >= 0.3 is 5.97 Å². The number of rotatable bonds is 4. The lowest BCUT2D eigenvalue weighted by atomic mass is 9.71. The fourth-order valence-corrected chi connectivity index (χ4v) is 4.68. The molecular formula is C26H28N2O3. The van der Waals surface area contributed by atoms with Gasteiger partial charge in [0.1, 0.15) is 0 Å². The normalized spacial score (nSPS) is 20.8. The van der Waals surface area contributed by atoms with Crippen LogP contribution in [-0.4, -0.2) is 33.0 Å². The number of anilines is 1. The highest BCUT2D eigenvalue weighted by Gasteiger charge is 2.41. The molecular weight excluding hydrogens is 388 g/mol. The minimum absolute atomic E-state index is 0.0817. The molecule has 1 heterocycles. The van der Waals surface area contributed by atoms with Crippen molar-refractivity contribution in [2.24, 2.45) is 0 Å². The van der Waals surface area contributed by atoms with Gasteiger partial charge in [-0.3, -0.25) is 4.79 Å². The van der Waals surface area contributed by atoms with E-state index in [9.17, 15) is 9.59 Å². The molecule has 5 heteroatoms. The number of carbonyl (C=O) groups excluding carboxylic acids is 2. The number of hydrogen-bond acceptors (Lipinski definition) is 5. The summed E-state index contributed by atoms with van der Waals surface area (Å²) in [5.41, 5.74) is 6.00. The van der Waals surface area contributed by atoms with Crippen molar-refractivity contribution in [3.63, 3.8) is 0 Å². The minimum Gasteiger partial charge on any atom is -0.466 e. The van der Waals surface area contributed by atoms with Crippen LogP contribution in [-0.2, 0) is 14.3 Å². The van der Waals surface area contributed by atoms with E-state index in [0.29, 0.717) is 17.6 Å². The van der Waals surface area contributed by atoms with E-state index in [1.807, 2.05) is 68.4 Å². The van der Waals surface area contributed by atoms with Crippen molar-refractivity contribution in [1.29, 1.82) is 0 Å². The van der Waals surface area contributed by atoms with Gasteiger partial charge in [-0.2, -0.15) is 0 Å². The Morgan fingerprint density at radius 2 is 1.68 bits per heavy atom. The summed E-state index contributed by atoms with van der Waals surface area (Å²) in [6, 6.07) is 18.2. The Hall–Kier alpha value is -3.34. The van der Waals surface area contributed by atoms with E-state index in [1.54, 1.807) is 0 Å². The number of esters is 1. The maximum atomic E-state index is 13.5. The van der Waals surface area contributed by atoms with Crippen molar-refractivity contribution in [2.75, 3.05) is 26.1 Å². The lowest BCUT2D eigenvalue weighted by molar-refractivity contribution is -0.136. The molecule has 1 aliphatic carbocycles. The van der Waals surface area contributed by atoms with Crippen molar-refractivity contribution in [3.05, 3.63) is 88.3 Å². The van der Waals surface area contributed by atoms with E-state index < -0.39 is 11.9 Å². The lowest BCUT2D eigenvalue weighted by Crippen LogP contribution is -2.36. The predicted molar refractivity (Wildman–Crippen MR) is 122 cm³/mol. The summed E-state index contributed by atoms with van der Waals surface area (Å²) < 4.78 is 5.10. The average molecular weight is 417 g/mol. The van der Waals surface area contributed by atoms with Crippen LogP contribution in [0.1, 0.15) is 42.7 Å². The minimum atomic E-state index is -0.427. The van der Waals surface area contributed by atoms with Crippen molar-refractivity contribution in [3.8, 4) is 0 Å². The Kier molecular flexibility index (Phi) is 5.68. The summed E-state index contributed by atoms with van der Waals surface area (Å²) in [5.74, 6) is -0.622. The van der Waals surface area contributed by atoms with Crippen LogP contribution in [0.5, 0.6) is 0 Å². The molecule has 0 spiro atoms. The van der Waals surface area contributed by atoms with Crippen molar-refractivity contribution in [2.45, 2.75) is 31.6 Å². The van der Waals surface area contributed by atoms with Crippen molar-refractivity contribution >= 4 is 17.4 Å². The van der Waals surface area contributed by atoms with Gasteiger partial charge in [0.25, 0.3) is 0 Å². The van der Waals surface area contributed by atoms with E-state index in [-0.39, 0.29) is 11.7 Å². The highest BCUT2D eigenvalue weighted by Crippen LogP contribution is 2.45. The second kappa shape index (κ2) is 8.42. The molecule has 2 atom stereocenters. The Morgan fingerprint density at radius 1 is 1.00 bits per heavy atom. The van der Waals surface area contributed by atoms with E-state index in [2.05, 4.69) is 17.4 Å². The Morgan fingerprint density at radius 3 is 2.29 bits per heavy atom. The van der Waals surface area contributed by atoms with Crippen LogP contribution in [0.3, 0.4) is 0 Å². The standard InChI is InChI=1S/C26H28N2O3/c1-16-23(26(30)31-4)24(18-10-12-20(13-11-18)28(2)3)25-21(27-16)14-19(15-22(25)29)17-8-6-5-7-9-17/h5-13,19,24,27H,14-15H2,1-4H3/t19-,24+/m0/s1. The highest BCUT2D eigenvalue weighted by atomic mass is 16.5. The van der Waals surface area contributed by atoms with Crippen molar-refractivity contribution in [1.82, 2.24) is 5.32 Å². The van der Waals surface area contributed by atoms with Gasteiger partial charge in [0.2, 0.25) is 0 Å². The monoisotopic (exact) mass is 416 g/mol. The van der Waals surface area contributed by atoms with E-state index in [0.717, 1.165) is 34.6 Å². The molecule has 5 nitrogen and oxygen atoms in total. The molecule has 160 valence electrons. The van der Waals surface area contributed by atoms with Gasteiger partial charge in [-0.05, 0) is 42.5 Å². The number of methoxy groups -OCH3 is 1. The second-order valence-electron chi connectivity index (χ2n) is 8.41. The summed E-state index contributed by atoms with van der Waals surface area (Å²) >= 11 is 0. The van der Waals surface area contributed by atoms with Crippen LogP contribution in [0.15, 0.2) is 77.1 Å². The van der Waals surface area contributed by atoms with Crippen LogP contribution in [0.2, 0.25) is 0 Å². The van der Waals surface area contributed by atoms with Crippen LogP contribution < -0.4 is 10.2 Å². The van der Waals surface area contributed by atoms with Crippen molar-refractivity contribution < 1.29 is 14.3 Å². The van der Waals surface area contributed by atoms with Gasteiger partial charge in [0.15, 0.2) is 5.78 Å². The number of carbonyl (C=O) groups is 2. The number of benzene rings is 2. The number of dihydropyridines is 1. The first kappa shape index (κ1) is 20.9. The molecule has 0 radical (unpaired) electrons. The zero-order valence-electron chi connectivity index (χ0n) is 18.4. The second-order valence-corrected chi connectivity index (χ2v) is 8.41. The first-order chi connectivity index (χ1) is 14.9. The molecule has 0 unspecified atom stereocenters. The fourth-order valence-electron chi connectivity index (χ4n) is 4.68. The third kappa shape index (κ3) is 3.88. The predicted octanol–water partition coefficient (Wildman–Crippen LogP) is 4.29. The Bertz CT molecular complexity index is 1070. The summed E-state index contributed by atoms with van der Waals surface area (Å²) in [7, 11) is 5.35. The molecule has 0 bridgehead atoms. The number of hydrogen-bond donors (Lipinski definition) is 1. The smallest absolute Gasteiger partial charge is 0.336 e. The number of allylic oxidation sites excluding steroid dienone is 3. The highest BCUT2D eigenvalue weighted by molar-refractivity contribution is 6.04. The number of ketones is 1. The fraction of sp³-hybridized carbons (Fsp3) is 0.308. The zero-order valence-corrected chi connectivity index (χ0v) is 18.4. The quantitative estimate of drug-likeness (QED) is 0.754. The molecule has 2 aromatic rings. The number of ether oxygens (including phenoxy) is 1. The maximum absolute atomic E-state index is 13.5. The molecule has 2 aromatic carbocycles. The van der Waals surface area contributed by atoms with Gasteiger partial charge in [0, 0.05) is 49.1 Å². The van der Waals surface area contributed by atoms with Gasteiger partial charge < -0.3 is 15.0 Å². The van der Waals surface area contributed by atoms with Gasteiger partial charge in [-0.15, -0.1) is 0 Å². The lowest BCUT2D eigenvalue weighted by Gasteiger charge is -2.36.